The summed E-state index contributed by atoms with van der Waals surface area (Å²) in [7, 11) is 0. The minimum absolute atomic E-state index is 0. The molecule has 0 radical (unpaired) electrons. The van der Waals surface area contributed by atoms with Crippen LogP contribution in [0.1, 0.15) is 18.9 Å². The van der Waals surface area contributed by atoms with E-state index in [1.807, 2.05) is 0 Å². The van der Waals surface area contributed by atoms with Crippen molar-refractivity contribution in [1.82, 2.24) is 10.1 Å². The van der Waals surface area contributed by atoms with Crippen LogP contribution >= 0.6 is 12.4 Å². The first-order valence-corrected chi connectivity index (χ1v) is 4.52. The van der Waals surface area contributed by atoms with Crippen LogP contribution in [0.3, 0.4) is 0 Å². The Morgan fingerprint density at radius 2 is 2.19 bits per heavy atom. The highest BCUT2D eigenvalue weighted by Gasteiger charge is 2.11. The van der Waals surface area contributed by atoms with Crippen LogP contribution in [-0.4, -0.2) is 10.1 Å². The molecule has 1 heterocycles. The summed E-state index contributed by atoms with van der Waals surface area (Å²) in [5, 5.41) is 3.72. The molecular weight excluding hydrogens is 233 g/mol. The molecule has 0 spiro atoms. The van der Waals surface area contributed by atoms with Gasteiger partial charge >= 0.3 is 0 Å². The largest absolute Gasteiger partial charge is 0.337 e. The molecular formula is C10H11ClFN3O. The summed E-state index contributed by atoms with van der Waals surface area (Å²) in [5.74, 6) is 0.357. The summed E-state index contributed by atoms with van der Waals surface area (Å²) in [5.41, 5.74) is 6.14. The van der Waals surface area contributed by atoms with E-state index in [4.69, 9.17) is 10.3 Å². The van der Waals surface area contributed by atoms with E-state index in [0.29, 0.717) is 17.3 Å². The second kappa shape index (κ2) is 5.05. The van der Waals surface area contributed by atoms with E-state index >= 15 is 0 Å². The molecule has 6 heteroatoms. The van der Waals surface area contributed by atoms with Crippen LogP contribution in [0.25, 0.3) is 11.4 Å². The molecule has 0 bridgehead atoms. The summed E-state index contributed by atoms with van der Waals surface area (Å²) in [6.45, 7) is 1.74. The topological polar surface area (TPSA) is 64.9 Å². The maximum Gasteiger partial charge on any atom is 0.243 e. The minimum atomic E-state index is -0.334. The number of nitrogens with two attached hydrogens (primary N) is 1. The highest BCUT2D eigenvalue weighted by Crippen LogP contribution is 2.18. The number of aromatic nitrogens is 2. The van der Waals surface area contributed by atoms with Gasteiger partial charge in [0.15, 0.2) is 0 Å². The van der Waals surface area contributed by atoms with Gasteiger partial charge in [-0.15, -0.1) is 12.4 Å². The third kappa shape index (κ3) is 2.56. The van der Waals surface area contributed by atoms with E-state index in [0.717, 1.165) is 0 Å². The van der Waals surface area contributed by atoms with E-state index < -0.39 is 0 Å². The Balaban J connectivity index is 0.00000128. The van der Waals surface area contributed by atoms with Gasteiger partial charge in [0.25, 0.3) is 0 Å². The number of halogens is 2. The van der Waals surface area contributed by atoms with Crippen molar-refractivity contribution in [3.05, 3.63) is 36.0 Å². The van der Waals surface area contributed by atoms with Gasteiger partial charge in [-0.2, -0.15) is 4.98 Å². The minimum Gasteiger partial charge on any atom is -0.337 e. The van der Waals surface area contributed by atoms with Crippen molar-refractivity contribution >= 4 is 12.4 Å². The van der Waals surface area contributed by atoms with Gasteiger partial charge in [-0.3, -0.25) is 0 Å². The normalized spacial score (nSPS) is 11.9. The fourth-order valence-electron chi connectivity index (χ4n) is 1.16. The summed E-state index contributed by atoms with van der Waals surface area (Å²) >= 11 is 0. The average Bonchev–Trinajstić information content (AvgIpc) is 2.66. The first-order valence-electron chi connectivity index (χ1n) is 4.52. The summed E-state index contributed by atoms with van der Waals surface area (Å²) in [4.78, 5) is 4.05. The van der Waals surface area contributed by atoms with Crippen LogP contribution in [0.2, 0.25) is 0 Å². The van der Waals surface area contributed by atoms with Crippen molar-refractivity contribution < 1.29 is 8.91 Å². The Kier molecular flexibility index (Phi) is 3.98. The van der Waals surface area contributed by atoms with E-state index in [1.54, 1.807) is 19.1 Å². The van der Waals surface area contributed by atoms with Crippen molar-refractivity contribution in [2.75, 3.05) is 0 Å². The molecule has 0 saturated heterocycles. The lowest BCUT2D eigenvalue weighted by Crippen LogP contribution is -2.04. The van der Waals surface area contributed by atoms with Crippen LogP contribution in [0.4, 0.5) is 4.39 Å². The quantitative estimate of drug-likeness (QED) is 0.879. The van der Waals surface area contributed by atoms with Crippen LogP contribution < -0.4 is 5.73 Å². The molecule has 1 atom stereocenters. The molecule has 2 aromatic rings. The third-order valence-electron chi connectivity index (χ3n) is 1.91. The zero-order chi connectivity index (χ0) is 10.8. The van der Waals surface area contributed by atoms with Crippen molar-refractivity contribution in [3.63, 3.8) is 0 Å². The maximum atomic E-state index is 12.9. The highest BCUT2D eigenvalue weighted by atomic mass is 35.5. The first kappa shape index (κ1) is 12.6. The molecule has 86 valence electrons. The Hall–Kier alpha value is -1.46. The van der Waals surface area contributed by atoms with E-state index in [2.05, 4.69) is 10.1 Å². The van der Waals surface area contributed by atoms with Crippen molar-refractivity contribution in [2.24, 2.45) is 5.73 Å². The molecule has 16 heavy (non-hydrogen) atoms. The zero-order valence-corrected chi connectivity index (χ0v) is 9.37. The zero-order valence-electron chi connectivity index (χ0n) is 8.55. The number of nitrogens with zero attached hydrogens (tertiary/aromatic N) is 2. The Bertz CT molecular complexity index is 473. The van der Waals surface area contributed by atoms with Crippen LogP contribution in [0, 0.1) is 5.82 Å². The standard InChI is InChI=1S/C10H10FN3O.ClH/c1-6(12)10-13-9(14-15-10)7-3-2-4-8(11)5-7;/h2-6H,12H2,1H3;1H. The smallest absolute Gasteiger partial charge is 0.243 e. The van der Waals surface area contributed by atoms with Gasteiger partial charge in [0.05, 0.1) is 6.04 Å². The Morgan fingerprint density at radius 3 is 2.75 bits per heavy atom. The molecule has 0 aliphatic heterocycles. The van der Waals surface area contributed by atoms with Gasteiger partial charge < -0.3 is 10.3 Å². The van der Waals surface area contributed by atoms with Crippen LogP contribution in [-0.2, 0) is 0 Å². The molecule has 0 saturated carbocycles. The highest BCUT2D eigenvalue weighted by molar-refractivity contribution is 5.85. The number of rotatable bonds is 2. The maximum absolute atomic E-state index is 12.9. The van der Waals surface area contributed by atoms with Crippen LogP contribution in [0.15, 0.2) is 28.8 Å². The molecule has 0 amide bonds. The number of hydrogen-bond donors (Lipinski definition) is 1. The molecule has 0 aliphatic carbocycles. The molecule has 0 fully saturated rings. The summed E-state index contributed by atoms with van der Waals surface area (Å²) < 4.78 is 17.8. The van der Waals surface area contributed by atoms with Gasteiger partial charge in [0.2, 0.25) is 11.7 Å². The fraction of sp³-hybridized carbons (Fsp3) is 0.200. The Labute approximate surface area is 98.1 Å². The van der Waals surface area contributed by atoms with Gasteiger partial charge in [0.1, 0.15) is 5.82 Å². The van der Waals surface area contributed by atoms with Gasteiger partial charge in [-0.1, -0.05) is 17.3 Å². The van der Waals surface area contributed by atoms with E-state index in [1.165, 1.54) is 12.1 Å². The molecule has 1 aromatic carbocycles. The van der Waals surface area contributed by atoms with Crippen molar-refractivity contribution in [2.45, 2.75) is 13.0 Å². The molecule has 2 N–H and O–H groups in total. The molecule has 2 rings (SSSR count). The van der Waals surface area contributed by atoms with Gasteiger partial charge in [0, 0.05) is 5.56 Å². The number of hydrogen-bond acceptors (Lipinski definition) is 4. The van der Waals surface area contributed by atoms with Gasteiger partial charge in [-0.25, -0.2) is 4.39 Å². The SMILES string of the molecule is CC(N)c1nc(-c2cccc(F)c2)no1.Cl. The molecule has 1 aromatic heterocycles. The fourth-order valence-corrected chi connectivity index (χ4v) is 1.16. The van der Waals surface area contributed by atoms with Gasteiger partial charge in [-0.05, 0) is 19.1 Å². The molecule has 4 nitrogen and oxygen atoms in total. The summed E-state index contributed by atoms with van der Waals surface area (Å²) in [6.07, 6.45) is 0. The second-order valence-electron chi connectivity index (χ2n) is 3.26. The van der Waals surface area contributed by atoms with Crippen molar-refractivity contribution in [3.8, 4) is 11.4 Å². The monoisotopic (exact) mass is 243 g/mol. The predicted octanol–water partition coefficient (Wildman–Crippen LogP) is 2.32. The summed E-state index contributed by atoms with van der Waals surface area (Å²) in [6, 6.07) is 5.68. The second-order valence-corrected chi connectivity index (χ2v) is 3.26. The number of benzene rings is 1. The van der Waals surface area contributed by atoms with Crippen molar-refractivity contribution in [1.29, 1.82) is 0 Å². The third-order valence-corrected chi connectivity index (χ3v) is 1.91. The lowest BCUT2D eigenvalue weighted by molar-refractivity contribution is 0.362. The molecule has 1 unspecified atom stereocenters. The van der Waals surface area contributed by atoms with E-state index in [-0.39, 0.29) is 24.3 Å². The Morgan fingerprint density at radius 1 is 1.44 bits per heavy atom. The van der Waals surface area contributed by atoms with E-state index in [9.17, 15) is 4.39 Å². The lowest BCUT2D eigenvalue weighted by Gasteiger charge is -1.94. The first-order chi connectivity index (χ1) is 7.16. The molecule has 0 aliphatic rings. The lowest BCUT2D eigenvalue weighted by atomic mass is 10.2. The predicted molar refractivity (Wildman–Crippen MR) is 59.5 cm³/mol. The van der Waals surface area contributed by atoms with Crippen LogP contribution in [0.5, 0.6) is 0 Å². The average molecular weight is 244 g/mol.